The Morgan fingerprint density at radius 2 is 2.33 bits per heavy atom. The van der Waals surface area contributed by atoms with Crippen molar-refractivity contribution in [1.82, 2.24) is 15.0 Å². The summed E-state index contributed by atoms with van der Waals surface area (Å²) in [5, 5.41) is 15.2. The molecule has 1 heterocycles. The van der Waals surface area contributed by atoms with E-state index >= 15 is 0 Å². The number of hydrogen-bond acceptors (Lipinski definition) is 4. The van der Waals surface area contributed by atoms with E-state index in [2.05, 4.69) is 10.3 Å². The molecule has 1 rings (SSSR count). The van der Waals surface area contributed by atoms with Crippen molar-refractivity contribution in [3.63, 3.8) is 0 Å². The number of carboxylic acids is 1. The smallest absolute Gasteiger partial charge is 0.358 e. The van der Waals surface area contributed by atoms with E-state index in [1.54, 1.807) is 0 Å². The van der Waals surface area contributed by atoms with Crippen LogP contribution in [-0.2, 0) is 6.54 Å². The van der Waals surface area contributed by atoms with Gasteiger partial charge in [-0.15, -0.1) is 5.10 Å². The molecule has 5 nitrogen and oxygen atoms in total. The third-order valence-corrected chi connectivity index (χ3v) is 2.28. The molecule has 1 N–H and O–H groups in total. The first-order valence-electron chi connectivity index (χ1n) is 4.01. The van der Waals surface area contributed by atoms with Crippen LogP contribution >= 0.6 is 11.8 Å². The van der Waals surface area contributed by atoms with Gasteiger partial charge in [0.2, 0.25) is 0 Å². The number of alkyl halides is 2. The highest BCUT2D eigenvalue weighted by Gasteiger charge is 2.25. The van der Waals surface area contributed by atoms with Gasteiger partial charge in [-0.1, -0.05) is 5.21 Å². The van der Waals surface area contributed by atoms with Crippen molar-refractivity contribution in [2.24, 2.45) is 0 Å². The fourth-order valence-electron chi connectivity index (χ4n) is 1.03. The Balaban J connectivity index is 3.01. The quantitative estimate of drug-likeness (QED) is 0.835. The Morgan fingerprint density at radius 1 is 1.67 bits per heavy atom. The summed E-state index contributed by atoms with van der Waals surface area (Å²) in [6.07, 6.45) is -1.06. The maximum absolute atomic E-state index is 12.5. The van der Waals surface area contributed by atoms with Crippen LogP contribution < -0.4 is 0 Å². The molecule has 0 unspecified atom stereocenters. The monoisotopic (exact) mass is 237 g/mol. The number of aryl methyl sites for hydroxylation is 1. The average Bonchev–Trinajstić information content (AvgIpc) is 2.58. The summed E-state index contributed by atoms with van der Waals surface area (Å²) in [5.74, 6) is -0.914. The lowest BCUT2D eigenvalue weighted by molar-refractivity contribution is 0.0675. The molecule has 15 heavy (non-hydrogen) atoms. The van der Waals surface area contributed by atoms with Gasteiger partial charge < -0.3 is 5.11 Å². The fourth-order valence-corrected chi connectivity index (χ4v) is 1.39. The van der Waals surface area contributed by atoms with Crippen LogP contribution in [0.2, 0.25) is 0 Å². The first-order valence-corrected chi connectivity index (χ1v) is 5.41. The normalized spacial score (nSPS) is 10.9. The van der Waals surface area contributed by atoms with Gasteiger partial charge in [0.25, 0.3) is 6.43 Å². The minimum atomic E-state index is -2.88. The highest BCUT2D eigenvalue weighted by atomic mass is 32.2. The van der Waals surface area contributed by atoms with Gasteiger partial charge in [-0.25, -0.2) is 18.3 Å². The van der Waals surface area contributed by atoms with Gasteiger partial charge in [-0.2, -0.15) is 11.8 Å². The second kappa shape index (κ2) is 5.06. The largest absolute Gasteiger partial charge is 0.476 e. The van der Waals surface area contributed by atoms with E-state index in [4.69, 9.17) is 5.11 Å². The van der Waals surface area contributed by atoms with Crippen LogP contribution in [0.5, 0.6) is 0 Å². The molecule has 0 saturated heterocycles. The van der Waals surface area contributed by atoms with Gasteiger partial charge in [0.1, 0.15) is 5.69 Å². The predicted molar refractivity (Wildman–Crippen MR) is 50.3 cm³/mol. The molecule has 0 saturated carbocycles. The SMILES string of the molecule is CSCCn1nnc(C(=O)O)c1C(F)F. The minimum absolute atomic E-state index is 0.223. The van der Waals surface area contributed by atoms with E-state index in [1.165, 1.54) is 11.8 Å². The van der Waals surface area contributed by atoms with E-state index in [-0.39, 0.29) is 6.54 Å². The summed E-state index contributed by atoms with van der Waals surface area (Å²) < 4.78 is 26.0. The minimum Gasteiger partial charge on any atom is -0.476 e. The van der Waals surface area contributed by atoms with Gasteiger partial charge >= 0.3 is 5.97 Å². The van der Waals surface area contributed by atoms with Crippen LogP contribution in [-0.4, -0.2) is 38.1 Å². The maximum atomic E-state index is 12.5. The molecule has 0 aliphatic carbocycles. The van der Waals surface area contributed by atoms with Crippen molar-refractivity contribution >= 4 is 17.7 Å². The zero-order valence-electron chi connectivity index (χ0n) is 7.85. The molecule has 0 aliphatic heterocycles. The molecule has 0 amide bonds. The number of halogens is 2. The molecule has 0 radical (unpaired) electrons. The number of thioether (sulfide) groups is 1. The van der Waals surface area contributed by atoms with Crippen molar-refractivity contribution < 1.29 is 18.7 Å². The summed E-state index contributed by atoms with van der Waals surface area (Å²) in [4.78, 5) is 10.6. The molecule has 1 aromatic rings. The lowest BCUT2D eigenvalue weighted by atomic mass is 10.3. The molecule has 0 spiro atoms. The maximum Gasteiger partial charge on any atom is 0.358 e. The van der Waals surface area contributed by atoms with Gasteiger partial charge in [0.15, 0.2) is 5.69 Å². The first kappa shape index (κ1) is 11.9. The Morgan fingerprint density at radius 3 is 2.80 bits per heavy atom. The van der Waals surface area contributed by atoms with Crippen LogP contribution in [0.4, 0.5) is 8.78 Å². The molecular weight excluding hydrogens is 228 g/mol. The number of aromatic carboxylic acids is 1. The average molecular weight is 237 g/mol. The molecule has 84 valence electrons. The summed E-state index contributed by atoms with van der Waals surface area (Å²) in [6.45, 7) is 0.223. The van der Waals surface area contributed by atoms with Crippen molar-refractivity contribution in [2.75, 3.05) is 12.0 Å². The van der Waals surface area contributed by atoms with Crippen LogP contribution in [0, 0.1) is 0 Å². The third-order valence-electron chi connectivity index (χ3n) is 1.69. The van der Waals surface area contributed by atoms with Gasteiger partial charge in [0.05, 0.1) is 6.54 Å². The Bertz CT molecular complexity index is 356. The second-order valence-corrected chi connectivity index (χ2v) is 3.63. The van der Waals surface area contributed by atoms with E-state index in [1.807, 2.05) is 6.26 Å². The molecule has 0 bridgehead atoms. The number of nitrogens with zero attached hydrogens (tertiary/aromatic N) is 3. The van der Waals surface area contributed by atoms with E-state index in [9.17, 15) is 13.6 Å². The van der Waals surface area contributed by atoms with Crippen molar-refractivity contribution in [3.8, 4) is 0 Å². The van der Waals surface area contributed by atoms with E-state index in [0.29, 0.717) is 5.75 Å². The van der Waals surface area contributed by atoms with Gasteiger partial charge in [-0.3, -0.25) is 0 Å². The zero-order valence-corrected chi connectivity index (χ0v) is 8.67. The Hall–Kier alpha value is -1.18. The van der Waals surface area contributed by atoms with Crippen LogP contribution in [0.1, 0.15) is 22.6 Å². The third kappa shape index (κ3) is 2.65. The summed E-state index contributed by atoms with van der Waals surface area (Å²) >= 11 is 1.45. The number of rotatable bonds is 5. The van der Waals surface area contributed by atoms with Crippen molar-refractivity contribution in [3.05, 3.63) is 11.4 Å². The molecule has 0 fully saturated rings. The molecule has 1 aromatic heterocycles. The van der Waals surface area contributed by atoms with Crippen LogP contribution in [0.15, 0.2) is 0 Å². The van der Waals surface area contributed by atoms with Crippen LogP contribution in [0.25, 0.3) is 0 Å². The number of carbonyl (C=O) groups is 1. The summed E-state index contributed by atoms with van der Waals surface area (Å²) in [5.41, 5.74) is -1.30. The molecule has 0 atom stereocenters. The summed E-state index contributed by atoms with van der Waals surface area (Å²) in [6, 6.07) is 0. The highest BCUT2D eigenvalue weighted by molar-refractivity contribution is 7.98. The van der Waals surface area contributed by atoms with Gasteiger partial charge in [-0.05, 0) is 6.26 Å². The highest BCUT2D eigenvalue weighted by Crippen LogP contribution is 2.21. The van der Waals surface area contributed by atoms with E-state index in [0.717, 1.165) is 4.68 Å². The van der Waals surface area contributed by atoms with E-state index < -0.39 is 23.8 Å². The lowest BCUT2D eigenvalue weighted by Gasteiger charge is -2.04. The molecule has 0 aliphatic rings. The van der Waals surface area contributed by atoms with Crippen LogP contribution in [0.3, 0.4) is 0 Å². The van der Waals surface area contributed by atoms with Crippen molar-refractivity contribution in [2.45, 2.75) is 13.0 Å². The first-order chi connectivity index (χ1) is 7.07. The summed E-state index contributed by atoms with van der Waals surface area (Å²) in [7, 11) is 0. The Labute approximate surface area is 88.5 Å². The zero-order chi connectivity index (χ0) is 11.4. The molecule has 8 heteroatoms. The van der Waals surface area contributed by atoms with Crippen molar-refractivity contribution in [1.29, 1.82) is 0 Å². The topological polar surface area (TPSA) is 68.0 Å². The number of hydrogen-bond donors (Lipinski definition) is 1. The molecular formula is C7H9F2N3O2S. The number of carboxylic acid groups (broad SMARTS) is 1. The number of aromatic nitrogens is 3. The fraction of sp³-hybridized carbons (Fsp3) is 0.571. The second-order valence-electron chi connectivity index (χ2n) is 2.65. The standard InChI is InChI=1S/C7H9F2N3O2S/c1-15-3-2-12-5(6(8)9)4(7(13)14)10-11-12/h6H,2-3H2,1H3,(H,13,14). The molecule has 0 aromatic carbocycles. The Kier molecular flexibility index (Phi) is 4.01. The van der Waals surface area contributed by atoms with Gasteiger partial charge in [0, 0.05) is 5.75 Å². The lowest BCUT2D eigenvalue weighted by Crippen LogP contribution is -2.10. The predicted octanol–water partition coefficient (Wildman–Crippen LogP) is 1.28.